The molecule has 8 heteroatoms. The number of nitrogens with zero attached hydrogens (tertiary/aromatic N) is 5. The molecule has 8 nitrogen and oxygen atoms in total. The number of amides is 1. The van der Waals surface area contributed by atoms with Gasteiger partial charge in [-0.1, -0.05) is 6.07 Å². The quantitative estimate of drug-likeness (QED) is 0.712. The molecule has 29 heavy (non-hydrogen) atoms. The molecule has 3 heterocycles. The minimum absolute atomic E-state index is 0.0209. The highest BCUT2D eigenvalue weighted by atomic mass is 16.5. The van der Waals surface area contributed by atoms with Crippen molar-refractivity contribution in [3.8, 4) is 5.88 Å². The van der Waals surface area contributed by atoms with Crippen LogP contribution in [0.1, 0.15) is 6.92 Å². The zero-order chi connectivity index (χ0) is 20.2. The third kappa shape index (κ3) is 4.12. The standard InChI is InChI=1S/C21H24N6O2/c1-15(20(28)24-18-7-3-6-17-16(18)5-4-9-22-17)26-11-13-27(14-12-26)21-23-10-8-19(25-21)29-2/h3-10,15H,11-14H2,1-2H3,(H,24,28)/t15-/m0/s1. The van der Waals surface area contributed by atoms with E-state index < -0.39 is 0 Å². The van der Waals surface area contributed by atoms with Crippen LogP contribution in [-0.4, -0.2) is 65.1 Å². The highest BCUT2D eigenvalue weighted by Gasteiger charge is 2.27. The van der Waals surface area contributed by atoms with E-state index in [4.69, 9.17) is 4.74 Å². The molecule has 3 aromatic rings. The Kier molecular flexibility index (Phi) is 5.53. The van der Waals surface area contributed by atoms with Crippen molar-refractivity contribution in [1.29, 1.82) is 0 Å². The van der Waals surface area contributed by atoms with Gasteiger partial charge < -0.3 is 15.0 Å². The van der Waals surface area contributed by atoms with Crippen LogP contribution in [-0.2, 0) is 4.79 Å². The molecule has 0 saturated carbocycles. The maximum atomic E-state index is 12.9. The van der Waals surface area contributed by atoms with E-state index in [1.54, 1.807) is 25.6 Å². The molecule has 0 unspecified atom stereocenters. The van der Waals surface area contributed by atoms with Crippen molar-refractivity contribution >= 4 is 28.4 Å². The monoisotopic (exact) mass is 392 g/mol. The largest absolute Gasteiger partial charge is 0.481 e. The summed E-state index contributed by atoms with van der Waals surface area (Å²) in [6.07, 6.45) is 3.45. The molecule has 150 valence electrons. The van der Waals surface area contributed by atoms with Gasteiger partial charge in [0, 0.05) is 50.0 Å². The molecular weight excluding hydrogens is 368 g/mol. The lowest BCUT2D eigenvalue weighted by molar-refractivity contribution is -0.120. The Morgan fingerprint density at radius 2 is 1.90 bits per heavy atom. The zero-order valence-corrected chi connectivity index (χ0v) is 16.6. The van der Waals surface area contributed by atoms with E-state index in [1.807, 2.05) is 37.3 Å². The number of piperazine rings is 1. The van der Waals surface area contributed by atoms with Crippen LogP contribution in [0.2, 0.25) is 0 Å². The number of nitrogens with one attached hydrogen (secondary N) is 1. The van der Waals surface area contributed by atoms with E-state index in [1.165, 1.54) is 0 Å². The number of benzene rings is 1. The van der Waals surface area contributed by atoms with Gasteiger partial charge in [-0.2, -0.15) is 4.98 Å². The van der Waals surface area contributed by atoms with Crippen LogP contribution < -0.4 is 15.0 Å². The summed E-state index contributed by atoms with van der Waals surface area (Å²) in [6, 6.07) is 11.1. The lowest BCUT2D eigenvalue weighted by Gasteiger charge is -2.37. The first-order valence-electron chi connectivity index (χ1n) is 9.66. The predicted molar refractivity (Wildman–Crippen MR) is 112 cm³/mol. The van der Waals surface area contributed by atoms with Crippen molar-refractivity contribution in [2.75, 3.05) is 43.5 Å². The molecule has 1 saturated heterocycles. The summed E-state index contributed by atoms with van der Waals surface area (Å²) in [4.78, 5) is 30.2. The predicted octanol–water partition coefficient (Wildman–Crippen LogP) is 2.18. The first kappa shape index (κ1) is 19.1. The highest BCUT2D eigenvalue weighted by Crippen LogP contribution is 2.22. The molecule has 1 aliphatic rings. The van der Waals surface area contributed by atoms with Crippen LogP contribution in [0.25, 0.3) is 10.9 Å². The summed E-state index contributed by atoms with van der Waals surface area (Å²) in [5.74, 6) is 1.19. The summed E-state index contributed by atoms with van der Waals surface area (Å²) >= 11 is 0. The minimum atomic E-state index is -0.240. The van der Waals surface area contributed by atoms with Gasteiger partial charge in [0.05, 0.1) is 24.4 Å². The Bertz CT molecular complexity index is 998. The van der Waals surface area contributed by atoms with Crippen molar-refractivity contribution in [3.63, 3.8) is 0 Å². The molecule has 1 fully saturated rings. The van der Waals surface area contributed by atoms with Gasteiger partial charge in [0.1, 0.15) is 0 Å². The molecule has 1 amide bonds. The average Bonchev–Trinajstić information content (AvgIpc) is 2.79. The molecule has 1 aliphatic heterocycles. The third-order valence-electron chi connectivity index (χ3n) is 5.25. The van der Waals surface area contributed by atoms with Gasteiger partial charge in [0.15, 0.2) is 0 Å². The third-order valence-corrected chi connectivity index (χ3v) is 5.25. The number of ether oxygens (including phenoxy) is 1. The van der Waals surface area contributed by atoms with E-state index in [9.17, 15) is 4.79 Å². The molecule has 2 aromatic heterocycles. The first-order valence-corrected chi connectivity index (χ1v) is 9.66. The van der Waals surface area contributed by atoms with Crippen molar-refractivity contribution in [3.05, 3.63) is 48.8 Å². The van der Waals surface area contributed by atoms with Gasteiger partial charge in [-0.25, -0.2) is 4.98 Å². The second kappa shape index (κ2) is 8.40. The maximum absolute atomic E-state index is 12.9. The van der Waals surface area contributed by atoms with Gasteiger partial charge in [0.2, 0.25) is 17.7 Å². The highest BCUT2D eigenvalue weighted by molar-refractivity contribution is 6.02. The van der Waals surface area contributed by atoms with Crippen molar-refractivity contribution in [2.45, 2.75) is 13.0 Å². The van der Waals surface area contributed by atoms with Crippen LogP contribution in [0, 0.1) is 0 Å². The van der Waals surface area contributed by atoms with Crippen molar-refractivity contribution in [2.24, 2.45) is 0 Å². The molecule has 0 spiro atoms. The Balaban J connectivity index is 1.39. The Labute approximate surface area is 169 Å². The van der Waals surface area contributed by atoms with Gasteiger partial charge >= 0.3 is 0 Å². The van der Waals surface area contributed by atoms with Gasteiger partial charge in [-0.3, -0.25) is 14.7 Å². The minimum Gasteiger partial charge on any atom is -0.481 e. The number of aromatic nitrogens is 3. The molecular formula is C21H24N6O2. The topological polar surface area (TPSA) is 83.5 Å². The number of hydrogen-bond acceptors (Lipinski definition) is 7. The number of fused-ring (bicyclic) bond motifs is 1. The number of pyridine rings is 1. The molecule has 1 aromatic carbocycles. The van der Waals surface area contributed by atoms with E-state index in [2.05, 4.69) is 30.1 Å². The number of rotatable bonds is 5. The zero-order valence-electron chi connectivity index (χ0n) is 16.6. The summed E-state index contributed by atoms with van der Waals surface area (Å²) in [7, 11) is 1.59. The second-order valence-corrected chi connectivity index (χ2v) is 6.96. The Morgan fingerprint density at radius 3 is 2.69 bits per heavy atom. The van der Waals surface area contributed by atoms with E-state index in [0.29, 0.717) is 11.8 Å². The summed E-state index contributed by atoms with van der Waals surface area (Å²) in [5, 5.41) is 4.00. The van der Waals surface area contributed by atoms with E-state index in [0.717, 1.165) is 42.8 Å². The van der Waals surface area contributed by atoms with Crippen LogP contribution >= 0.6 is 0 Å². The normalized spacial score (nSPS) is 15.9. The van der Waals surface area contributed by atoms with Crippen LogP contribution in [0.5, 0.6) is 5.88 Å². The molecule has 4 rings (SSSR count). The molecule has 1 N–H and O–H groups in total. The fourth-order valence-corrected chi connectivity index (χ4v) is 3.52. The Hall–Kier alpha value is -3.26. The van der Waals surface area contributed by atoms with E-state index in [-0.39, 0.29) is 11.9 Å². The maximum Gasteiger partial charge on any atom is 0.241 e. The SMILES string of the molecule is COc1ccnc(N2CCN([C@@H](C)C(=O)Nc3cccc4ncccc34)CC2)n1. The van der Waals surface area contributed by atoms with Crippen molar-refractivity contribution in [1.82, 2.24) is 19.9 Å². The smallest absolute Gasteiger partial charge is 0.241 e. The van der Waals surface area contributed by atoms with Crippen LogP contribution in [0.15, 0.2) is 48.8 Å². The molecule has 1 atom stereocenters. The van der Waals surface area contributed by atoms with E-state index >= 15 is 0 Å². The summed E-state index contributed by atoms with van der Waals surface area (Å²) in [5.41, 5.74) is 1.65. The number of carbonyl (C=O) groups excluding carboxylic acids is 1. The van der Waals surface area contributed by atoms with Gasteiger partial charge in [-0.05, 0) is 31.2 Å². The number of hydrogen-bond donors (Lipinski definition) is 1. The van der Waals surface area contributed by atoms with Crippen LogP contribution in [0.3, 0.4) is 0 Å². The molecule has 0 aliphatic carbocycles. The molecule has 0 radical (unpaired) electrons. The van der Waals surface area contributed by atoms with Gasteiger partial charge in [-0.15, -0.1) is 0 Å². The number of carbonyl (C=O) groups is 1. The lowest BCUT2D eigenvalue weighted by Crippen LogP contribution is -2.53. The number of anilines is 2. The van der Waals surface area contributed by atoms with Gasteiger partial charge in [0.25, 0.3) is 0 Å². The summed E-state index contributed by atoms with van der Waals surface area (Å²) < 4.78 is 5.18. The fraction of sp³-hybridized carbons (Fsp3) is 0.333. The number of methoxy groups -OCH3 is 1. The first-order chi connectivity index (χ1) is 14.2. The second-order valence-electron chi connectivity index (χ2n) is 6.96. The molecule has 0 bridgehead atoms. The summed E-state index contributed by atoms with van der Waals surface area (Å²) in [6.45, 7) is 4.96. The lowest BCUT2D eigenvalue weighted by atomic mass is 10.1. The Morgan fingerprint density at radius 1 is 1.07 bits per heavy atom. The van der Waals surface area contributed by atoms with Crippen molar-refractivity contribution < 1.29 is 9.53 Å². The van der Waals surface area contributed by atoms with Crippen LogP contribution in [0.4, 0.5) is 11.6 Å². The fourth-order valence-electron chi connectivity index (χ4n) is 3.52. The average molecular weight is 392 g/mol.